The van der Waals surface area contributed by atoms with E-state index in [1.807, 2.05) is 35.4 Å². The second-order valence-electron chi connectivity index (χ2n) is 3.57. The lowest BCUT2D eigenvalue weighted by atomic mass is 10.3. The molecule has 3 N–H and O–H groups in total. The fourth-order valence-electron chi connectivity index (χ4n) is 1.68. The quantitative estimate of drug-likeness (QED) is 0.270. The van der Waals surface area contributed by atoms with Crippen LogP contribution in [0, 0.1) is 0 Å². The molecule has 9 heteroatoms. The number of rotatable bonds is 1. The van der Waals surface area contributed by atoms with Gasteiger partial charge in [0.1, 0.15) is 11.0 Å². The van der Waals surface area contributed by atoms with Gasteiger partial charge in [-0.25, -0.2) is 14.6 Å². The number of aryl methyl sites for hydroxylation is 2. The Bertz CT molecular complexity index is 492. The Kier molecular flexibility index (Phi) is 4.17. The average Bonchev–Trinajstić information content (AvgIpc) is 2.50. The molecule has 100 valence electrons. The van der Waals surface area contributed by atoms with Gasteiger partial charge >= 0.3 is 13.2 Å². The smallest absolute Gasteiger partial charge is 0.418 e. The van der Waals surface area contributed by atoms with Crippen LogP contribution in [0.25, 0.3) is 11.0 Å². The third kappa shape index (κ3) is 3.36. The van der Waals surface area contributed by atoms with Crippen LogP contribution in [0.15, 0.2) is 24.3 Å². The van der Waals surface area contributed by atoms with Crippen LogP contribution < -0.4 is 15.8 Å². The minimum absolute atomic E-state index is 0.890. The Morgan fingerprint density at radius 3 is 2.17 bits per heavy atom. The molecule has 1 heterocycles. The maximum atomic E-state index is 9.75. The highest BCUT2D eigenvalue weighted by Gasteiger charge is 2.20. The van der Waals surface area contributed by atoms with Crippen LogP contribution in [-0.2, 0) is 14.1 Å². The number of imidazole rings is 1. The van der Waals surface area contributed by atoms with Crippen molar-refractivity contribution in [2.24, 2.45) is 19.9 Å². The zero-order chi connectivity index (χ0) is 13.9. The molecular weight excluding hydrogens is 251 g/mol. The number of anilines is 1. The van der Waals surface area contributed by atoms with Gasteiger partial charge in [-0.05, 0) is 12.1 Å². The Hall–Kier alpha value is -1.77. The number of hydrogen-bond donors (Lipinski definition) is 2. The second-order valence-corrected chi connectivity index (χ2v) is 3.57. The van der Waals surface area contributed by atoms with Gasteiger partial charge in [0.15, 0.2) is 0 Å². The molecule has 0 saturated carbocycles. The van der Waals surface area contributed by atoms with Crippen LogP contribution in [0.1, 0.15) is 0 Å². The van der Waals surface area contributed by atoms with Gasteiger partial charge in [-0.3, -0.25) is 0 Å². The molecule has 0 atom stereocenters. The van der Waals surface area contributed by atoms with Crippen molar-refractivity contribution < 1.29 is 21.8 Å². The first-order valence-electron chi connectivity index (χ1n) is 5.03. The number of para-hydroxylation sites is 2. The van der Waals surface area contributed by atoms with Gasteiger partial charge in [0.05, 0.1) is 14.1 Å². The molecular formula is C9H13BF4N4. The van der Waals surface area contributed by atoms with Crippen molar-refractivity contribution in [3.63, 3.8) is 0 Å². The molecule has 0 aliphatic carbocycles. The Balaban J connectivity index is 0.000000280. The number of aromatic nitrogens is 2. The minimum Gasteiger partial charge on any atom is -0.418 e. The van der Waals surface area contributed by atoms with E-state index in [0.717, 1.165) is 17.0 Å². The molecule has 1 aromatic heterocycles. The van der Waals surface area contributed by atoms with Crippen LogP contribution in [0.5, 0.6) is 0 Å². The Morgan fingerprint density at radius 1 is 1.22 bits per heavy atom. The zero-order valence-electron chi connectivity index (χ0n) is 9.87. The summed E-state index contributed by atoms with van der Waals surface area (Å²) in [6.45, 7) is 0. The first-order chi connectivity index (χ1) is 8.25. The van der Waals surface area contributed by atoms with E-state index in [1.54, 1.807) is 0 Å². The number of nitrogens with two attached hydrogens (primary N) is 1. The van der Waals surface area contributed by atoms with Crippen molar-refractivity contribution in [1.82, 2.24) is 4.57 Å². The van der Waals surface area contributed by atoms with Gasteiger partial charge in [-0.2, -0.15) is 5.84 Å². The fraction of sp³-hybridized carbons (Fsp3) is 0.222. The lowest BCUT2D eigenvalue weighted by Gasteiger charge is -1.94. The van der Waals surface area contributed by atoms with E-state index < -0.39 is 7.25 Å². The SMILES string of the molecule is Cn1c(NN)[n+](C)c2ccccc21.F[B-](F)(F)F. The van der Waals surface area contributed by atoms with E-state index in [9.17, 15) is 17.3 Å². The number of benzene rings is 1. The molecule has 0 saturated heterocycles. The summed E-state index contributed by atoms with van der Waals surface area (Å²) in [5.74, 6) is 6.31. The molecule has 4 nitrogen and oxygen atoms in total. The Labute approximate surface area is 101 Å². The Morgan fingerprint density at radius 2 is 1.72 bits per heavy atom. The molecule has 0 radical (unpaired) electrons. The fourth-order valence-corrected chi connectivity index (χ4v) is 1.68. The van der Waals surface area contributed by atoms with Crippen molar-refractivity contribution in [3.05, 3.63) is 24.3 Å². The standard InChI is InChI=1S/C9H12N4.BF4/c1-12-7-5-3-4-6-8(7)13(2)9(12)11-10;2-1(3,4)5/h3-6H,10H2,1-2H3;/q;-1/p+1. The van der Waals surface area contributed by atoms with E-state index in [2.05, 4.69) is 17.6 Å². The van der Waals surface area contributed by atoms with Gasteiger partial charge in [0.2, 0.25) is 0 Å². The molecule has 0 unspecified atom stereocenters. The maximum absolute atomic E-state index is 9.75. The summed E-state index contributed by atoms with van der Waals surface area (Å²) >= 11 is 0. The van der Waals surface area contributed by atoms with E-state index in [1.165, 1.54) is 0 Å². The normalized spacial score (nSPS) is 11.1. The second kappa shape index (κ2) is 5.26. The van der Waals surface area contributed by atoms with Crippen molar-refractivity contribution in [2.75, 3.05) is 5.43 Å². The average molecular weight is 264 g/mol. The van der Waals surface area contributed by atoms with Crippen LogP contribution in [0.3, 0.4) is 0 Å². The monoisotopic (exact) mass is 264 g/mol. The number of halogens is 4. The molecule has 0 aliphatic heterocycles. The van der Waals surface area contributed by atoms with Crippen LogP contribution in [0.4, 0.5) is 23.2 Å². The topological polar surface area (TPSA) is 46.9 Å². The van der Waals surface area contributed by atoms with Crippen LogP contribution in [-0.4, -0.2) is 11.8 Å². The van der Waals surface area contributed by atoms with Crippen LogP contribution in [0.2, 0.25) is 0 Å². The van der Waals surface area contributed by atoms with Crippen molar-refractivity contribution in [3.8, 4) is 0 Å². The summed E-state index contributed by atoms with van der Waals surface area (Å²) in [7, 11) is -2.03. The molecule has 1 aromatic carbocycles. The maximum Gasteiger partial charge on any atom is 0.673 e. The van der Waals surface area contributed by atoms with E-state index >= 15 is 0 Å². The molecule has 0 spiro atoms. The van der Waals surface area contributed by atoms with Gasteiger partial charge in [0, 0.05) is 0 Å². The van der Waals surface area contributed by atoms with Gasteiger partial charge in [-0.1, -0.05) is 12.1 Å². The molecule has 0 aliphatic rings. The van der Waals surface area contributed by atoms with Crippen LogP contribution >= 0.6 is 0 Å². The molecule has 2 aromatic rings. The third-order valence-electron chi connectivity index (χ3n) is 2.37. The number of fused-ring (bicyclic) bond motifs is 1. The third-order valence-corrected chi connectivity index (χ3v) is 2.37. The molecule has 0 fully saturated rings. The molecule has 2 rings (SSSR count). The summed E-state index contributed by atoms with van der Waals surface area (Å²) < 4.78 is 43.0. The predicted molar refractivity (Wildman–Crippen MR) is 62.1 cm³/mol. The summed E-state index contributed by atoms with van der Waals surface area (Å²) in [5, 5.41) is 0. The van der Waals surface area contributed by atoms with Crippen molar-refractivity contribution >= 4 is 24.2 Å². The van der Waals surface area contributed by atoms with E-state index in [0.29, 0.717) is 0 Å². The first-order valence-corrected chi connectivity index (χ1v) is 5.03. The lowest BCUT2D eigenvalue weighted by Crippen LogP contribution is -2.33. The molecule has 0 bridgehead atoms. The highest BCUT2D eigenvalue weighted by molar-refractivity contribution is 6.50. The van der Waals surface area contributed by atoms with Gasteiger partial charge < -0.3 is 17.3 Å². The van der Waals surface area contributed by atoms with Crippen molar-refractivity contribution in [2.45, 2.75) is 0 Å². The highest BCUT2D eigenvalue weighted by Crippen LogP contribution is 2.13. The summed E-state index contributed by atoms with van der Waals surface area (Å²) in [6.07, 6.45) is 0. The summed E-state index contributed by atoms with van der Waals surface area (Å²) in [5.41, 5.74) is 5.01. The summed E-state index contributed by atoms with van der Waals surface area (Å²) in [4.78, 5) is 0. The number of hydrazine groups is 1. The number of nitrogens with zero attached hydrogens (tertiary/aromatic N) is 2. The van der Waals surface area contributed by atoms with E-state index in [4.69, 9.17) is 5.84 Å². The minimum atomic E-state index is -6.00. The number of nitrogens with one attached hydrogen (secondary N) is 1. The van der Waals surface area contributed by atoms with Gasteiger partial charge in [0.25, 0.3) is 0 Å². The zero-order valence-corrected chi connectivity index (χ0v) is 9.87. The number of nitrogen functional groups attached to an aromatic ring is 1. The van der Waals surface area contributed by atoms with E-state index in [-0.39, 0.29) is 0 Å². The summed E-state index contributed by atoms with van der Waals surface area (Å²) in [6, 6.07) is 8.16. The predicted octanol–water partition coefficient (Wildman–Crippen LogP) is 1.59. The molecule has 0 amide bonds. The lowest BCUT2D eigenvalue weighted by molar-refractivity contribution is -0.630. The van der Waals surface area contributed by atoms with Crippen molar-refractivity contribution in [1.29, 1.82) is 0 Å². The highest BCUT2D eigenvalue weighted by atomic mass is 19.5. The first kappa shape index (κ1) is 14.3. The van der Waals surface area contributed by atoms with Gasteiger partial charge in [-0.15, -0.1) is 0 Å². The molecule has 18 heavy (non-hydrogen) atoms. The largest absolute Gasteiger partial charge is 0.673 e. The number of hydrogen-bond acceptors (Lipinski definition) is 2.